The maximum atomic E-state index is 12.7. The molecule has 21 heavy (non-hydrogen) atoms. The fraction of sp³-hybridized carbons (Fsp3) is 0.267. The summed E-state index contributed by atoms with van der Waals surface area (Å²) in [6.45, 7) is 0.839. The average Bonchev–Trinajstić information content (AvgIpc) is 3.11. The van der Waals surface area contributed by atoms with E-state index in [0.29, 0.717) is 12.1 Å². The topological polar surface area (TPSA) is 78.7 Å². The Hall–Kier alpha value is -2.63. The molecule has 0 saturated carbocycles. The number of fused-ring (bicyclic) bond motifs is 2. The minimum absolute atomic E-state index is 0.0464. The summed E-state index contributed by atoms with van der Waals surface area (Å²) in [6, 6.07) is 5.42. The number of anilines is 1. The largest absolute Gasteiger partial charge is 0.399 e. The van der Waals surface area contributed by atoms with Crippen LogP contribution in [-0.2, 0) is 13.0 Å². The lowest BCUT2D eigenvalue weighted by molar-refractivity contribution is 0.0816. The number of rotatable bonds is 1. The lowest BCUT2D eigenvalue weighted by Gasteiger charge is -2.22. The molecule has 1 aromatic carbocycles. The van der Waals surface area contributed by atoms with Crippen molar-refractivity contribution in [2.45, 2.75) is 19.4 Å². The Kier molecular flexibility index (Phi) is 2.57. The summed E-state index contributed by atoms with van der Waals surface area (Å²) in [6.07, 6.45) is 6.86. The lowest BCUT2D eigenvalue weighted by atomic mass is 9.97. The van der Waals surface area contributed by atoms with Gasteiger partial charge in [-0.1, -0.05) is 0 Å². The highest BCUT2D eigenvalue weighted by atomic mass is 16.2. The number of aryl methyl sites for hydroxylation is 1. The van der Waals surface area contributed by atoms with Crippen LogP contribution in [0.15, 0.2) is 36.9 Å². The SMILES string of the molecule is Nc1ccc2c(c1)ncn2C(=O)C1CCn2ccnc2C1. The molecule has 4 rings (SSSR count). The van der Waals surface area contributed by atoms with Crippen LogP contribution in [-0.4, -0.2) is 25.0 Å². The third-order valence-electron chi connectivity index (χ3n) is 4.11. The fourth-order valence-electron chi connectivity index (χ4n) is 2.96. The summed E-state index contributed by atoms with van der Waals surface area (Å²) in [5.74, 6) is 1.01. The summed E-state index contributed by atoms with van der Waals surface area (Å²) in [5, 5.41) is 0. The molecule has 0 fully saturated rings. The Balaban J connectivity index is 1.68. The molecule has 6 heteroatoms. The molecule has 0 radical (unpaired) electrons. The highest BCUT2D eigenvalue weighted by Crippen LogP contribution is 2.23. The number of nitrogens with zero attached hydrogens (tertiary/aromatic N) is 4. The van der Waals surface area contributed by atoms with Crippen molar-refractivity contribution in [1.82, 2.24) is 19.1 Å². The maximum Gasteiger partial charge on any atom is 0.235 e. The van der Waals surface area contributed by atoms with Crippen LogP contribution in [0, 0.1) is 5.92 Å². The number of benzene rings is 1. The number of aromatic nitrogens is 4. The van der Waals surface area contributed by atoms with Gasteiger partial charge in [-0.25, -0.2) is 9.97 Å². The zero-order valence-electron chi connectivity index (χ0n) is 11.4. The number of carbonyl (C=O) groups is 1. The fourth-order valence-corrected chi connectivity index (χ4v) is 2.96. The first kappa shape index (κ1) is 12.1. The number of hydrogen-bond acceptors (Lipinski definition) is 4. The van der Waals surface area contributed by atoms with Gasteiger partial charge in [0.15, 0.2) is 0 Å². The van der Waals surface area contributed by atoms with E-state index in [2.05, 4.69) is 14.5 Å². The Morgan fingerprint density at radius 2 is 2.24 bits per heavy atom. The van der Waals surface area contributed by atoms with Gasteiger partial charge in [-0.15, -0.1) is 0 Å². The van der Waals surface area contributed by atoms with E-state index in [4.69, 9.17) is 5.73 Å². The summed E-state index contributed by atoms with van der Waals surface area (Å²) in [5.41, 5.74) is 7.96. The van der Waals surface area contributed by atoms with E-state index in [1.54, 1.807) is 29.2 Å². The zero-order valence-corrected chi connectivity index (χ0v) is 11.4. The van der Waals surface area contributed by atoms with E-state index in [9.17, 15) is 4.79 Å². The van der Waals surface area contributed by atoms with E-state index in [-0.39, 0.29) is 11.8 Å². The molecule has 0 saturated heterocycles. The second-order valence-corrected chi connectivity index (χ2v) is 5.43. The first-order valence-electron chi connectivity index (χ1n) is 6.99. The molecule has 3 aromatic rings. The molecule has 1 atom stereocenters. The van der Waals surface area contributed by atoms with Crippen molar-refractivity contribution in [2.75, 3.05) is 5.73 Å². The van der Waals surface area contributed by atoms with E-state index >= 15 is 0 Å². The number of nitrogen functional groups attached to an aromatic ring is 1. The van der Waals surface area contributed by atoms with Gasteiger partial charge in [0, 0.05) is 37.0 Å². The molecule has 6 nitrogen and oxygen atoms in total. The predicted molar refractivity (Wildman–Crippen MR) is 78.8 cm³/mol. The van der Waals surface area contributed by atoms with Crippen LogP contribution in [0.3, 0.4) is 0 Å². The number of imidazole rings is 2. The normalized spacial score (nSPS) is 17.8. The van der Waals surface area contributed by atoms with Gasteiger partial charge in [0.2, 0.25) is 5.91 Å². The number of hydrogen-bond donors (Lipinski definition) is 1. The molecule has 3 heterocycles. The average molecular weight is 281 g/mol. The summed E-state index contributed by atoms with van der Waals surface area (Å²) < 4.78 is 3.74. The molecular formula is C15H15N5O. The first-order chi connectivity index (χ1) is 10.2. The van der Waals surface area contributed by atoms with E-state index in [1.807, 2.05) is 12.3 Å². The van der Waals surface area contributed by atoms with Crippen LogP contribution in [0.25, 0.3) is 11.0 Å². The monoisotopic (exact) mass is 281 g/mol. The molecule has 2 aromatic heterocycles. The van der Waals surface area contributed by atoms with Crippen molar-refractivity contribution < 1.29 is 4.79 Å². The van der Waals surface area contributed by atoms with Crippen molar-refractivity contribution in [2.24, 2.45) is 5.92 Å². The van der Waals surface area contributed by atoms with Crippen molar-refractivity contribution in [3.05, 3.63) is 42.7 Å². The second kappa shape index (κ2) is 4.44. The van der Waals surface area contributed by atoms with Crippen molar-refractivity contribution in [3.8, 4) is 0 Å². The lowest BCUT2D eigenvalue weighted by Crippen LogP contribution is -2.29. The Labute approximate surface area is 121 Å². The third kappa shape index (κ3) is 1.91. The molecule has 106 valence electrons. The summed E-state index contributed by atoms with van der Waals surface area (Å²) in [7, 11) is 0. The van der Waals surface area contributed by atoms with Gasteiger partial charge in [-0.2, -0.15) is 0 Å². The minimum Gasteiger partial charge on any atom is -0.399 e. The number of nitrogens with two attached hydrogens (primary N) is 1. The quantitative estimate of drug-likeness (QED) is 0.689. The smallest absolute Gasteiger partial charge is 0.235 e. The van der Waals surface area contributed by atoms with Crippen LogP contribution >= 0.6 is 0 Å². The van der Waals surface area contributed by atoms with Gasteiger partial charge in [0.1, 0.15) is 12.2 Å². The van der Waals surface area contributed by atoms with E-state index in [0.717, 1.165) is 29.8 Å². The van der Waals surface area contributed by atoms with Crippen LogP contribution in [0.5, 0.6) is 0 Å². The van der Waals surface area contributed by atoms with Gasteiger partial charge < -0.3 is 10.3 Å². The van der Waals surface area contributed by atoms with Gasteiger partial charge in [-0.3, -0.25) is 9.36 Å². The number of carbonyl (C=O) groups excluding carboxylic acids is 1. The molecular weight excluding hydrogens is 266 g/mol. The molecule has 0 bridgehead atoms. The van der Waals surface area contributed by atoms with Crippen LogP contribution in [0.2, 0.25) is 0 Å². The summed E-state index contributed by atoms with van der Waals surface area (Å²) in [4.78, 5) is 21.3. The molecule has 1 aliphatic rings. The highest BCUT2D eigenvalue weighted by molar-refractivity contribution is 5.92. The predicted octanol–water partition coefficient (Wildman–Crippen LogP) is 1.72. The third-order valence-corrected chi connectivity index (χ3v) is 4.11. The van der Waals surface area contributed by atoms with Gasteiger partial charge in [-0.05, 0) is 24.6 Å². The van der Waals surface area contributed by atoms with E-state index in [1.165, 1.54) is 0 Å². The molecule has 1 unspecified atom stereocenters. The van der Waals surface area contributed by atoms with Crippen molar-refractivity contribution in [1.29, 1.82) is 0 Å². The molecule has 2 N–H and O–H groups in total. The molecule has 0 spiro atoms. The van der Waals surface area contributed by atoms with Gasteiger partial charge in [0.05, 0.1) is 11.0 Å². The zero-order chi connectivity index (χ0) is 14.4. The molecule has 0 aliphatic carbocycles. The Morgan fingerprint density at radius 3 is 3.14 bits per heavy atom. The summed E-state index contributed by atoms with van der Waals surface area (Å²) >= 11 is 0. The Morgan fingerprint density at radius 1 is 1.33 bits per heavy atom. The van der Waals surface area contributed by atoms with Gasteiger partial charge in [0.25, 0.3) is 0 Å². The molecule has 0 amide bonds. The van der Waals surface area contributed by atoms with Crippen LogP contribution < -0.4 is 5.73 Å². The van der Waals surface area contributed by atoms with Crippen LogP contribution in [0.1, 0.15) is 17.0 Å². The maximum absolute atomic E-state index is 12.7. The minimum atomic E-state index is -0.0464. The first-order valence-corrected chi connectivity index (χ1v) is 6.99. The van der Waals surface area contributed by atoms with Crippen LogP contribution in [0.4, 0.5) is 5.69 Å². The standard InChI is InChI=1S/C15H15N5O/c16-11-1-2-13-12(8-11)18-9-20(13)15(21)10-3-5-19-6-4-17-14(19)7-10/h1-2,4,6,8-10H,3,5,7,16H2. The van der Waals surface area contributed by atoms with Gasteiger partial charge >= 0.3 is 0 Å². The highest BCUT2D eigenvalue weighted by Gasteiger charge is 2.27. The molecule has 1 aliphatic heterocycles. The second-order valence-electron chi connectivity index (χ2n) is 5.43. The Bertz CT molecular complexity index is 832. The van der Waals surface area contributed by atoms with E-state index < -0.39 is 0 Å². The van der Waals surface area contributed by atoms with Crippen molar-refractivity contribution >= 4 is 22.6 Å². The van der Waals surface area contributed by atoms with Crippen molar-refractivity contribution in [3.63, 3.8) is 0 Å².